The van der Waals surface area contributed by atoms with Crippen LogP contribution in [0.3, 0.4) is 0 Å². The van der Waals surface area contributed by atoms with E-state index in [2.05, 4.69) is 20.8 Å². The van der Waals surface area contributed by atoms with Gasteiger partial charge in [0.2, 0.25) is 23.6 Å². The minimum atomic E-state index is -0.145. The second kappa shape index (κ2) is 10.3. The summed E-state index contributed by atoms with van der Waals surface area (Å²) in [5, 5.41) is 13.7. The molecule has 1 heterocycles. The van der Waals surface area contributed by atoms with Crippen molar-refractivity contribution in [1.82, 2.24) is 15.1 Å². The van der Waals surface area contributed by atoms with E-state index < -0.39 is 0 Å². The van der Waals surface area contributed by atoms with Crippen molar-refractivity contribution >= 4 is 23.2 Å². The summed E-state index contributed by atoms with van der Waals surface area (Å²) in [7, 11) is 0. The predicted molar refractivity (Wildman–Crippen MR) is 114 cm³/mol. The summed E-state index contributed by atoms with van der Waals surface area (Å²) in [5.41, 5.74) is 2.44. The summed E-state index contributed by atoms with van der Waals surface area (Å²) in [6.45, 7) is 4.67. The standard InChI is InChI=1S/C22H25N5O3/c1-3-27(14-20(29)24-19-11-9-18(10-12-19)23-16(2)28)15-22-26-25-21(30-22)13-17-7-5-4-6-8-17/h4-12H,3,13-15H2,1-2H3,(H,23,28)(H,24,29). The zero-order valence-electron chi connectivity index (χ0n) is 17.1. The molecule has 0 spiro atoms. The van der Waals surface area contributed by atoms with Crippen LogP contribution in [0, 0.1) is 0 Å². The lowest BCUT2D eigenvalue weighted by Crippen LogP contribution is -2.32. The number of nitrogens with zero attached hydrogens (tertiary/aromatic N) is 3. The van der Waals surface area contributed by atoms with Gasteiger partial charge in [0.25, 0.3) is 0 Å². The van der Waals surface area contributed by atoms with Crippen LogP contribution < -0.4 is 10.6 Å². The molecule has 156 valence electrons. The topological polar surface area (TPSA) is 100 Å². The van der Waals surface area contributed by atoms with Crippen molar-refractivity contribution < 1.29 is 14.0 Å². The molecule has 2 amide bonds. The first kappa shape index (κ1) is 21.2. The van der Waals surface area contributed by atoms with E-state index in [-0.39, 0.29) is 18.4 Å². The van der Waals surface area contributed by atoms with Crippen LogP contribution in [0.2, 0.25) is 0 Å². The van der Waals surface area contributed by atoms with Crippen LogP contribution in [-0.4, -0.2) is 40.0 Å². The monoisotopic (exact) mass is 407 g/mol. The lowest BCUT2D eigenvalue weighted by atomic mass is 10.2. The van der Waals surface area contributed by atoms with E-state index in [1.54, 1.807) is 24.3 Å². The number of rotatable bonds is 9. The molecule has 0 aliphatic carbocycles. The first-order valence-corrected chi connectivity index (χ1v) is 9.77. The molecule has 0 aliphatic rings. The van der Waals surface area contributed by atoms with E-state index >= 15 is 0 Å². The molecule has 1 aromatic heterocycles. The summed E-state index contributed by atoms with van der Waals surface area (Å²) >= 11 is 0. The first-order chi connectivity index (χ1) is 14.5. The second-order valence-corrected chi connectivity index (χ2v) is 6.86. The number of aromatic nitrogens is 2. The highest BCUT2D eigenvalue weighted by Gasteiger charge is 2.14. The quantitative estimate of drug-likeness (QED) is 0.565. The largest absolute Gasteiger partial charge is 0.424 e. The molecule has 2 N–H and O–H groups in total. The van der Waals surface area contributed by atoms with E-state index in [1.165, 1.54) is 6.92 Å². The van der Waals surface area contributed by atoms with Crippen LogP contribution in [0.4, 0.5) is 11.4 Å². The minimum Gasteiger partial charge on any atom is -0.424 e. The van der Waals surface area contributed by atoms with Crippen molar-refractivity contribution in [2.24, 2.45) is 0 Å². The van der Waals surface area contributed by atoms with Crippen molar-refractivity contribution in [3.8, 4) is 0 Å². The Morgan fingerprint density at radius 3 is 2.20 bits per heavy atom. The minimum absolute atomic E-state index is 0.140. The normalized spacial score (nSPS) is 10.8. The lowest BCUT2D eigenvalue weighted by molar-refractivity contribution is -0.117. The molecular weight excluding hydrogens is 382 g/mol. The van der Waals surface area contributed by atoms with Crippen molar-refractivity contribution in [2.45, 2.75) is 26.8 Å². The van der Waals surface area contributed by atoms with Crippen LogP contribution in [0.25, 0.3) is 0 Å². The van der Waals surface area contributed by atoms with Gasteiger partial charge in [-0.05, 0) is 36.4 Å². The number of carbonyl (C=O) groups excluding carboxylic acids is 2. The Hall–Kier alpha value is -3.52. The fourth-order valence-electron chi connectivity index (χ4n) is 2.91. The number of benzene rings is 2. The molecule has 0 atom stereocenters. The summed E-state index contributed by atoms with van der Waals surface area (Å²) in [6, 6.07) is 16.9. The second-order valence-electron chi connectivity index (χ2n) is 6.86. The van der Waals surface area contributed by atoms with E-state index in [0.29, 0.717) is 42.7 Å². The Morgan fingerprint density at radius 1 is 0.933 bits per heavy atom. The molecule has 3 aromatic rings. The lowest BCUT2D eigenvalue weighted by Gasteiger charge is -2.17. The van der Waals surface area contributed by atoms with Gasteiger partial charge in [0.1, 0.15) is 0 Å². The maximum absolute atomic E-state index is 12.4. The number of amides is 2. The molecule has 30 heavy (non-hydrogen) atoms. The number of likely N-dealkylation sites (N-methyl/N-ethyl adjacent to an activating group) is 1. The van der Waals surface area contributed by atoms with Gasteiger partial charge in [-0.1, -0.05) is 37.3 Å². The summed E-state index contributed by atoms with van der Waals surface area (Å²) in [5.74, 6) is 0.748. The molecule has 0 aliphatic heterocycles. The third-order valence-corrected chi connectivity index (χ3v) is 4.37. The molecule has 0 saturated carbocycles. The number of hydrogen-bond donors (Lipinski definition) is 2. The molecule has 0 unspecified atom stereocenters. The van der Waals surface area contributed by atoms with Crippen LogP contribution in [0.5, 0.6) is 0 Å². The molecule has 2 aromatic carbocycles. The number of hydrogen-bond acceptors (Lipinski definition) is 6. The van der Waals surface area contributed by atoms with Gasteiger partial charge in [-0.15, -0.1) is 10.2 Å². The van der Waals surface area contributed by atoms with Crippen LogP contribution >= 0.6 is 0 Å². The highest BCUT2D eigenvalue weighted by molar-refractivity contribution is 5.93. The van der Waals surface area contributed by atoms with Gasteiger partial charge in [0, 0.05) is 18.3 Å². The van der Waals surface area contributed by atoms with Gasteiger partial charge >= 0.3 is 0 Å². The molecule has 8 nitrogen and oxygen atoms in total. The van der Waals surface area contributed by atoms with Gasteiger partial charge in [-0.2, -0.15) is 0 Å². The van der Waals surface area contributed by atoms with Gasteiger partial charge in [0.05, 0.1) is 19.5 Å². The Balaban J connectivity index is 1.51. The average Bonchev–Trinajstić information content (AvgIpc) is 3.16. The van der Waals surface area contributed by atoms with E-state index in [9.17, 15) is 9.59 Å². The molecule has 0 saturated heterocycles. The fraction of sp³-hybridized carbons (Fsp3) is 0.273. The molecule has 8 heteroatoms. The highest BCUT2D eigenvalue weighted by Crippen LogP contribution is 2.14. The SMILES string of the molecule is CCN(CC(=O)Nc1ccc(NC(C)=O)cc1)Cc1nnc(Cc2ccccc2)o1. The van der Waals surface area contributed by atoms with Crippen LogP contribution in [0.1, 0.15) is 31.2 Å². The highest BCUT2D eigenvalue weighted by atomic mass is 16.4. The van der Waals surface area contributed by atoms with E-state index in [1.807, 2.05) is 42.2 Å². The smallest absolute Gasteiger partial charge is 0.238 e. The Kier molecular flexibility index (Phi) is 7.29. The summed E-state index contributed by atoms with van der Waals surface area (Å²) in [6.07, 6.45) is 0.578. The Morgan fingerprint density at radius 2 is 1.57 bits per heavy atom. The molecule has 0 radical (unpaired) electrons. The van der Waals surface area contributed by atoms with Crippen LogP contribution in [-0.2, 0) is 22.6 Å². The van der Waals surface area contributed by atoms with Gasteiger partial charge < -0.3 is 15.1 Å². The van der Waals surface area contributed by atoms with Gasteiger partial charge in [0.15, 0.2) is 0 Å². The number of anilines is 2. The molecule has 3 rings (SSSR count). The Labute approximate surface area is 175 Å². The van der Waals surface area contributed by atoms with Crippen molar-refractivity contribution in [1.29, 1.82) is 0 Å². The zero-order valence-corrected chi connectivity index (χ0v) is 17.1. The molecule has 0 bridgehead atoms. The van der Waals surface area contributed by atoms with Crippen molar-refractivity contribution in [3.05, 3.63) is 71.9 Å². The average molecular weight is 407 g/mol. The van der Waals surface area contributed by atoms with E-state index in [4.69, 9.17) is 4.42 Å². The third kappa shape index (κ3) is 6.52. The maximum atomic E-state index is 12.4. The fourth-order valence-corrected chi connectivity index (χ4v) is 2.91. The number of nitrogens with one attached hydrogen (secondary N) is 2. The van der Waals surface area contributed by atoms with Crippen molar-refractivity contribution in [2.75, 3.05) is 23.7 Å². The zero-order chi connectivity index (χ0) is 21.3. The van der Waals surface area contributed by atoms with Crippen molar-refractivity contribution in [3.63, 3.8) is 0 Å². The third-order valence-electron chi connectivity index (χ3n) is 4.37. The maximum Gasteiger partial charge on any atom is 0.238 e. The molecular formula is C22H25N5O3. The molecule has 0 fully saturated rings. The van der Waals surface area contributed by atoms with Gasteiger partial charge in [-0.3, -0.25) is 14.5 Å². The predicted octanol–water partition coefficient (Wildman–Crippen LogP) is 3.08. The Bertz CT molecular complexity index is 970. The van der Waals surface area contributed by atoms with Gasteiger partial charge in [-0.25, -0.2) is 0 Å². The van der Waals surface area contributed by atoms with Crippen LogP contribution in [0.15, 0.2) is 59.0 Å². The van der Waals surface area contributed by atoms with E-state index in [0.717, 1.165) is 5.56 Å². The number of carbonyl (C=O) groups is 2. The summed E-state index contributed by atoms with van der Waals surface area (Å²) < 4.78 is 5.73. The summed E-state index contributed by atoms with van der Waals surface area (Å²) in [4.78, 5) is 25.4. The first-order valence-electron chi connectivity index (χ1n) is 9.77.